The van der Waals surface area contributed by atoms with Crippen molar-refractivity contribution in [1.82, 2.24) is 0 Å². The monoisotopic (exact) mass is 342 g/mol. The Morgan fingerprint density at radius 2 is 2.30 bits per heavy atom. The van der Waals surface area contributed by atoms with Gasteiger partial charge in [-0.25, -0.2) is 0 Å². The maximum atomic E-state index is 10.9. The first-order chi connectivity index (χ1) is 9.56. The van der Waals surface area contributed by atoms with Gasteiger partial charge in [0.1, 0.15) is 5.75 Å². The summed E-state index contributed by atoms with van der Waals surface area (Å²) in [4.78, 5) is 0. The van der Waals surface area contributed by atoms with Crippen molar-refractivity contribution in [3.63, 3.8) is 0 Å². The lowest BCUT2D eigenvalue weighted by Crippen LogP contribution is -2.42. The van der Waals surface area contributed by atoms with Crippen LogP contribution in [-0.4, -0.2) is 30.5 Å². The van der Waals surface area contributed by atoms with E-state index in [4.69, 9.17) is 9.47 Å². The zero-order valence-electron chi connectivity index (χ0n) is 12.2. The first kappa shape index (κ1) is 15.8. The molecule has 1 N–H and O–H groups in total. The summed E-state index contributed by atoms with van der Waals surface area (Å²) in [6, 6.07) is 5.88. The Morgan fingerprint density at radius 3 is 3.00 bits per heavy atom. The van der Waals surface area contributed by atoms with Crippen LogP contribution < -0.4 is 4.74 Å². The van der Waals surface area contributed by atoms with Crippen LogP contribution in [-0.2, 0) is 11.2 Å². The van der Waals surface area contributed by atoms with Crippen molar-refractivity contribution in [1.29, 1.82) is 0 Å². The van der Waals surface area contributed by atoms with E-state index in [-0.39, 0.29) is 6.10 Å². The number of rotatable bonds is 5. The summed E-state index contributed by atoms with van der Waals surface area (Å²) in [5, 5.41) is 10.9. The van der Waals surface area contributed by atoms with Crippen LogP contribution in [0.15, 0.2) is 22.7 Å². The second-order valence-corrected chi connectivity index (χ2v) is 6.45. The van der Waals surface area contributed by atoms with E-state index in [0.29, 0.717) is 25.9 Å². The third-order valence-corrected chi connectivity index (χ3v) is 4.69. The zero-order chi connectivity index (χ0) is 14.6. The molecule has 0 radical (unpaired) electrons. The van der Waals surface area contributed by atoms with Crippen molar-refractivity contribution in [2.75, 3.05) is 13.7 Å². The summed E-state index contributed by atoms with van der Waals surface area (Å²) in [6.07, 6.45) is 4.32. The van der Waals surface area contributed by atoms with Gasteiger partial charge in [-0.3, -0.25) is 0 Å². The smallest absolute Gasteiger partial charge is 0.119 e. The van der Waals surface area contributed by atoms with E-state index in [2.05, 4.69) is 22.9 Å². The predicted molar refractivity (Wildman–Crippen MR) is 83.2 cm³/mol. The molecule has 112 valence electrons. The molecule has 1 aromatic rings. The van der Waals surface area contributed by atoms with Gasteiger partial charge in [-0.2, -0.15) is 0 Å². The standard InChI is InChI=1S/C16H23BrO3/c1-3-4-14-11-16(18,7-8-20-14)10-12-9-13(19-2)5-6-15(12)17/h5-6,9,14,18H,3-4,7-8,10-11H2,1-2H3. The predicted octanol–water partition coefficient (Wildman–Crippen LogP) is 3.71. The van der Waals surface area contributed by atoms with Gasteiger partial charge >= 0.3 is 0 Å². The minimum absolute atomic E-state index is 0.183. The van der Waals surface area contributed by atoms with Crippen molar-refractivity contribution >= 4 is 15.9 Å². The summed E-state index contributed by atoms with van der Waals surface area (Å²) in [5.41, 5.74) is 0.413. The number of aliphatic hydroxyl groups is 1. The Hall–Kier alpha value is -0.580. The molecule has 1 aliphatic rings. The average molecular weight is 343 g/mol. The Labute approximate surface area is 129 Å². The molecule has 1 saturated heterocycles. The molecule has 0 saturated carbocycles. The highest BCUT2D eigenvalue weighted by Gasteiger charge is 2.35. The molecular formula is C16H23BrO3. The fourth-order valence-corrected chi connectivity index (χ4v) is 3.22. The number of halogens is 1. The lowest BCUT2D eigenvalue weighted by Gasteiger charge is -2.37. The van der Waals surface area contributed by atoms with Crippen LogP contribution in [0.25, 0.3) is 0 Å². The molecule has 1 fully saturated rings. The molecule has 2 unspecified atom stereocenters. The number of benzene rings is 1. The molecule has 1 heterocycles. The molecule has 0 aromatic heterocycles. The molecule has 4 heteroatoms. The van der Waals surface area contributed by atoms with Gasteiger partial charge in [-0.1, -0.05) is 29.3 Å². The Balaban J connectivity index is 2.11. The highest BCUT2D eigenvalue weighted by atomic mass is 79.9. The minimum Gasteiger partial charge on any atom is -0.497 e. The SMILES string of the molecule is CCCC1CC(O)(Cc2cc(OC)ccc2Br)CCO1. The van der Waals surface area contributed by atoms with E-state index in [9.17, 15) is 5.11 Å². The second-order valence-electron chi connectivity index (χ2n) is 5.59. The highest BCUT2D eigenvalue weighted by molar-refractivity contribution is 9.10. The first-order valence-electron chi connectivity index (χ1n) is 7.23. The van der Waals surface area contributed by atoms with Crippen LogP contribution in [0.1, 0.15) is 38.2 Å². The fourth-order valence-electron chi connectivity index (χ4n) is 2.84. The van der Waals surface area contributed by atoms with Crippen LogP contribution in [0.4, 0.5) is 0 Å². The zero-order valence-corrected chi connectivity index (χ0v) is 13.8. The molecule has 3 nitrogen and oxygen atoms in total. The minimum atomic E-state index is -0.674. The lowest BCUT2D eigenvalue weighted by atomic mass is 9.83. The van der Waals surface area contributed by atoms with Gasteiger partial charge in [-0.05, 0) is 36.6 Å². The van der Waals surface area contributed by atoms with E-state index in [1.807, 2.05) is 18.2 Å². The average Bonchev–Trinajstić information content (AvgIpc) is 2.41. The van der Waals surface area contributed by atoms with E-state index in [0.717, 1.165) is 28.6 Å². The van der Waals surface area contributed by atoms with Crippen molar-refractivity contribution in [3.05, 3.63) is 28.2 Å². The van der Waals surface area contributed by atoms with Gasteiger partial charge in [-0.15, -0.1) is 0 Å². The van der Waals surface area contributed by atoms with Crippen LogP contribution in [0.5, 0.6) is 5.75 Å². The maximum absolute atomic E-state index is 10.9. The lowest BCUT2D eigenvalue weighted by molar-refractivity contribution is -0.105. The summed E-state index contributed by atoms with van der Waals surface area (Å²) >= 11 is 3.56. The molecule has 0 aliphatic carbocycles. The van der Waals surface area contributed by atoms with Crippen molar-refractivity contribution < 1.29 is 14.6 Å². The summed E-state index contributed by atoms with van der Waals surface area (Å²) in [6.45, 7) is 2.79. The maximum Gasteiger partial charge on any atom is 0.119 e. The van der Waals surface area contributed by atoms with Gasteiger partial charge in [0.2, 0.25) is 0 Å². The second kappa shape index (κ2) is 6.92. The van der Waals surface area contributed by atoms with Gasteiger partial charge in [0.05, 0.1) is 18.8 Å². The van der Waals surface area contributed by atoms with Crippen LogP contribution in [0.2, 0.25) is 0 Å². The number of hydrogen-bond acceptors (Lipinski definition) is 3. The fraction of sp³-hybridized carbons (Fsp3) is 0.625. The van der Waals surface area contributed by atoms with Crippen LogP contribution in [0.3, 0.4) is 0 Å². The van der Waals surface area contributed by atoms with E-state index in [1.54, 1.807) is 7.11 Å². The number of methoxy groups -OCH3 is 1. The molecule has 2 atom stereocenters. The van der Waals surface area contributed by atoms with Gasteiger partial charge in [0.15, 0.2) is 0 Å². The van der Waals surface area contributed by atoms with Gasteiger partial charge in [0, 0.05) is 23.9 Å². The van der Waals surface area contributed by atoms with Crippen molar-refractivity contribution in [2.24, 2.45) is 0 Å². The van der Waals surface area contributed by atoms with Gasteiger partial charge < -0.3 is 14.6 Å². The Bertz CT molecular complexity index is 447. The molecule has 20 heavy (non-hydrogen) atoms. The van der Waals surface area contributed by atoms with Gasteiger partial charge in [0.25, 0.3) is 0 Å². The summed E-state index contributed by atoms with van der Waals surface area (Å²) in [5.74, 6) is 0.823. The molecule has 2 rings (SSSR count). The highest BCUT2D eigenvalue weighted by Crippen LogP contribution is 2.33. The molecule has 1 aromatic carbocycles. The summed E-state index contributed by atoms with van der Waals surface area (Å²) < 4.78 is 12.0. The number of hydrogen-bond donors (Lipinski definition) is 1. The summed E-state index contributed by atoms with van der Waals surface area (Å²) in [7, 11) is 1.66. The largest absolute Gasteiger partial charge is 0.497 e. The topological polar surface area (TPSA) is 38.7 Å². The molecule has 0 bridgehead atoms. The van der Waals surface area contributed by atoms with Crippen LogP contribution >= 0.6 is 15.9 Å². The molecular weight excluding hydrogens is 320 g/mol. The van der Waals surface area contributed by atoms with Crippen molar-refractivity contribution in [2.45, 2.75) is 50.7 Å². The first-order valence-corrected chi connectivity index (χ1v) is 8.02. The molecule has 0 amide bonds. The molecule has 1 aliphatic heterocycles. The quantitative estimate of drug-likeness (QED) is 0.886. The molecule has 0 spiro atoms. The number of ether oxygens (including phenoxy) is 2. The third kappa shape index (κ3) is 3.96. The van der Waals surface area contributed by atoms with E-state index in [1.165, 1.54) is 0 Å². The van der Waals surface area contributed by atoms with Crippen LogP contribution in [0, 0.1) is 0 Å². The normalized spacial score (nSPS) is 26.5. The van der Waals surface area contributed by atoms with E-state index >= 15 is 0 Å². The third-order valence-electron chi connectivity index (χ3n) is 3.91. The van der Waals surface area contributed by atoms with E-state index < -0.39 is 5.60 Å². The Morgan fingerprint density at radius 1 is 1.50 bits per heavy atom. The van der Waals surface area contributed by atoms with Crippen molar-refractivity contribution in [3.8, 4) is 5.75 Å². The Kier molecular flexibility index (Phi) is 5.47.